The molecule has 0 aromatic heterocycles. The van der Waals surface area contributed by atoms with Crippen LogP contribution in [-0.2, 0) is 12.8 Å². The highest BCUT2D eigenvalue weighted by Gasteiger charge is 2.16. The molecule has 3 rings (SSSR count). The molecule has 0 aliphatic heterocycles. The first-order chi connectivity index (χ1) is 11.8. The molecule has 0 aliphatic rings. The summed E-state index contributed by atoms with van der Waals surface area (Å²) < 4.78 is 0. The lowest BCUT2D eigenvalue weighted by molar-refractivity contribution is 1.09. The topological polar surface area (TPSA) is 12.0 Å². The summed E-state index contributed by atoms with van der Waals surface area (Å²) >= 11 is 0. The van der Waals surface area contributed by atoms with Crippen molar-refractivity contribution in [2.75, 3.05) is 5.09 Å². The maximum absolute atomic E-state index is 3.92. The van der Waals surface area contributed by atoms with Crippen LogP contribution in [0.2, 0.25) is 0 Å². The summed E-state index contributed by atoms with van der Waals surface area (Å²) in [4.78, 5) is 0. The van der Waals surface area contributed by atoms with Crippen molar-refractivity contribution >= 4 is 24.4 Å². The molecule has 0 radical (unpaired) electrons. The summed E-state index contributed by atoms with van der Waals surface area (Å²) in [6.45, 7) is 4.46. The Bertz CT molecular complexity index is 707. The standard InChI is InChI=1S/C22H24NP/c1-3-18-12-11-13-19(4-2)22(18)23-24(20-14-7-5-8-15-20)21-16-9-6-10-17-21/h5-17,23H,3-4H2,1-2H3. The Morgan fingerprint density at radius 1 is 0.625 bits per heavy atom. The minimum Gasteiger partial charge on any atom is -0.357 e. The van der Waals surface area contributed by atoms with E-state index in [0.29, 0.717) is 0 Å². The first-order valence-electron chi connectivity index (χ1n) is 8.61. The minimum absolute atomic E-state index is 0.621. The maximum Gasteiger partial charge on any atom is 0.0522 e. The number of hydrogen-bond donors (Lipinski definition) is 1. The van der Waals surface area contributed by atoms with Crippen LogP contribution in [0.15, 0.2) is 78.9 Å². The second-order valence-electron chi connectivity index (χ2n) is 5.78. The van der Waals surface area contributed by atoms with Gasteiger partial charge in [-0.05, 0) is 24.0 Å². The van der Waals surface area contributed by atoms with Gasteiger partial charge in [-0.1, -0.05) is 92.7 Å². The van der Waals surface area contributed by atoms with Crippen molar-refractivity contribution in [3.63, 3.8) is 0 Å². The SMILES string of the molecule is CCc1cccc(CC)c1NP(c1ccccc1)c1ccccc1. The van der Waals surface area contributed by atoms with Gasteiger partial charge in [-0.15, -0.1) is 0 Å². The molecule has 0 bridgehead atoms. The van der Waals surface area contributed by atoms with E-state index in [9.17, 15) is 0 Å². The van der Waals surface area contributed by atoms with E-state index in [2.05, 4.69) is 97.8 Å². The smallest absolute Gasteiger partial charge is 0.0522 e. The van der Waals surface area contributed by atoms with Crippen LogP contribution in [0.3, 0.4) is 0 Å². The summed E-state index contributed by atoms with van der Waals surface area (Å²) in [7, 11) is -0.621. The summed E-state index contributed by atoms with van der Waals surface area (Å²) in [6, 6.07) is 28.2. The molecule has 1 nitrogen and oxygen atoms in total. The summed E-state index contributed by atoms with van der Waals surface area (Å²) in [5, 5.41) is 6.62. The Balaban J connectivity index is 2.06. The van der Waals surface area contributed by atoms with Crippen LogP contribution in [0.4, 0.5) is 5.69 Å². The quantitative estimate of drug-likeness (QED) is 0.606. The summed E-state index contributed by atoms with van der Waals surface area (Å²) in [5.41, 5.74) is 4.11. The number of rotatable bonds is 6. The zero-order chi connectivity index (χ0) is 16.8. The predicted molar refractivity (Wildman–Crippen MR) is 108 cm³/mol. The Morgan fingerprint density at radius 3 is 1.50 bits per heavy atom. The number of nitrogens with one attached hydrogen (secondary N) is 1. The third kappa shape index (κ3) is 3.68. The molecule has 1 N–H and O–H groups in total. The highest BCUT2D eigenvalue weighted by molar-refractivity contribution is 7.74. The number of benzene rings is 3. The lowest BCUT2D eigenvalue weighted by Gasteiger charge is -2.24. The van der Waals surface area contributed by atoms with E-state index in [0.717, 1.165) is 12.8 Å². The average Bonchev–Trinajstić information content (AvgIpc) is 2.67. The van der Waals surface area contributed by atoms with Crippen LogP contribution in [0.5, 0.6) is 0 Å². The van der Waals surface area contributed by atoms with Crippen molar-refractivity contribution in [2.45, 2.75) is 26.7 Å². The van der Waals surface area contributed by atoms with Gasteiger partial charge in [-0.2, -0.15) is 0 Å². The lowest BCUT2D eigenvalue weighted by Crippen LogP contribution is -2.18. The average molecular weight is 333 g/mol. The Kier molecular flexibility index (Phi) is 5.67. The van der Waals surface area contributed by atoms with E-state index < -0.39 is 8.07 Å². The molecule has 0 spiro atoms. The van der Waals surface area contributed by atoms with Crippen LogP contribution >= 0.6 is 8.07 Å². The number of anilines is 1. The van der Waals surface area contributed by atoms with E-state index in [4.69, 9.17) is 0 Å². The molecule has 122 valence electrons. The number of hydrogen-bond acceptors (Lipinski definition) is 1. The molecule has 3 aromatic carbocycles. The molecule has 0 unspecified atom stereocenters. The first-order valence-corrected chi connectivity index (χ1v) is 9.95. The van der Waals surface area contributed by atoms with Crippen LogP contribution in [0, 0.1) is 0 Å². The summed E-state index contributed by atoms with van der Waals surface area (Å²) in [6.07, 6.45) is 2.09. The minimum atomic E-state index is -0.621. The maximum atomic E-state index is 3.92. The van der Waals surface area contributed by atoms with Gasteiger partial charge in [0, 0.05) is 16.3 Å². The molecule has 0 saturated heterocycles. The van der Waals surface area contributed by atoms with Crippen molar-refractivity contribution in [2.24, 2.45) is 0 Å². The van der Waals surface area contributed by atoms with Crippen LogP contribution in [0.25, 0.3) is 0 Å². The van der Waals surface area contributed by atoms with E-state index in [1.165, 1.54) is 27.4 Å². The van der Waals surface area contributed by atoms with Crippen LogP contribution in [-0.4, -0.2) is 0 Å². The lowest BCUT2D eigenvalue weighted by atomic mass is 10.0. The molecule has 0 saturated carbocycles. The van der Waals surface area contributed by atoms with Gasteiger partial charge < -0.3 is 5.09 Å². The van der Waals surface area contributed by atoms with Crippen molar-refractivity contribution < 1.29 is 0 Å². The van der Waals surface area contributed by atoms with Gasteiger partial charge in [0.25, 0.3) is 0 Å². The van der Waals surface area contributed by atoms with Gasteiger partial charge in [0.2, 0.25) is 0 Å². The monoisotopic (exact) mass is 333 g/mol. The largest absolute Gasteiger partial charge is 0.357 e. The van der Waals surface area contributed by atoms with E-state index >= 15 is 0 Å². The fraction of sp³-hybridized carbons (Fsp3) is 0.182. The highest BCUT2D eigenvalue weighted by atomic mass is 31.1. The fourth-order valence-electron chi connectivity index (χ4n) is 2.93. The third-order valence-corrected chi connectivity index (χ3v) is 6.33. The molecule has 0 amide bonds. The van der Waals surface area contributed by atoms with E-state index in [-0.39, 0.29) is 0 Å². The summed E-state index contributed by atoms with van der Waals surface area (Å²) in [5.74, 6) is 0. The van der Waals surface area contributed by atoms with Crippen molar-refractivity contribution in [1.82, 2.24) is 0 Å². The third-order valence-electron chi connectivity index (χ3n) is 4.25. The number of aryl methyl sites for hydroxylation is 2. The van der Waals surface area contributed by atoms with Crippen LogP contribution < -0.4 is 15.7 Å². The second kappa shape index (κ2) is 8.13. The molecule has 3 aromatic rings. The Labute approximate surface area is 146 Å². The molecule has 0 heterocycles. The van der Waals surface area contributed by atoms with Crippen molar-refractivity contribution in [1.29, 1.82) is 0 Å². The molecule has 24 heavy (non-hydrogen) atoms. The molecular weight excluding hydrogens is 309 g/mol. The highest BCUT2D eigenvalue weighted by Crippen LogP contribution is 2.37. The van der Waals surface area contributed by atoms with Gasteiger partial charge in [0.05, 0.1) is 8.07 Å². The van der Waals surface area contributed by atoms with Gasteiger partial charge >= 0.3 is 0 Å². The fourth-order valence-corrected chi connectivity index (χ4v) is 4.94. The first kappa shape index (κ1) is 16.7. The normalized spacial score (nSPS) is 10.8. The number of para-hydroxylation sites is 1. The van der Waals surface area contributed by atoms with E-state index in [1.807, 2.05) is 0 Å². The Hall–Kier alpha value is -2.11. The second-order valence-corrected chi connectivity index (χ2v) is 7.70. The van der Waals surface area contributed by atoms with Crippen molar-refractivity contribution in [3.8, 4) is 0 Å². The van der Waals surface area contributed by atoms with Gasteiger partial charge in [0.15, 0.2) is 0 Å². The Morgan fingerprint density at radius 2 is 1.08 bits per heavy atom. The predicted octanol–water partition coefficient (Wildman–Crippen LogP) is 5.27. The van der Waals surface area contributed by atoms with Gasteiger partial charge in [-0.25, -0.2) is 0 Å². The van der Waals surface area contributed by atoms with Gasteiger partial charge in [0.1, 0.15) is 0 Å². The molecule has 0 aliphatic carbocycles. The zero-order valence-electron chi connectivity index (χ0n) is 14.4. The van der Waals surface area contributed by atoms with Crippen LogP contribution in [0.1, 0.15) is 25.0 Å². The van der Waals surface area contributed by atoms with E-state index in [1.54, 1.807) is 0 Å². The van der Waals surface area contributed by atoms with Gasteiger partial charge in [-0.3, -0.25) is 0 Å². The van der Waals surface area contributed by atoms with Crippen molar-refractivity contribution in [3.05, 3.63) is 90.0 Å². The molecule has 0 atom stereocenters. The zero-order valence-corrected chi connectivity index (χ0v) is 15.3. The molecular formula is C22H24NP. The molecule has 2 heteroatoms. The molecule has 0 fully saturated rings.